The van der Waals surface area contributed by atoms with Crippen molar-refractivity contribution >= 4 is 46.4 Å². The van der Waals surface area contributed by atoms with Crippen LogP contribution in [-0.4, -0.2) is 11.8 Å². The van der Waals surface area contributed by atoms with Gasteiger partial charge in [0.15, 0.2) is 0 Å². The van der Waals surface area contributed by atoms with Crippen LogP contribution in [0.3, 0.4) is 0 Å². The monoisotopic (exact) mass is 350 g/mol. The van der Waals surface area contributed by atoms with Gasteiger partial charge in [-0.2, -0.15) is 0 Å². The van der Waals surface area contributed by atoms with Crippen molar-refractivity contribution in [2.75, 3.05) is 10.6 Å². The normalized spacial score (nSPS) is 10.5. The van der Waals surface area contributed by atoms with Crippen LogP contribution >= 0.6 is 23.2 Å². The van der Waals surface area contributed by atoms with Gasteiger partial charge in [0, 0.05) is 10.7 Å². The molecule has 0 aliphatic carbocycles. The average molecular weight is 351 g/mol. The average Bonchev–Trinajstić information content (AvgIpc) is 2.50. The molecule has 0 aliphatic heterocycles. The van der Waals surface area contributed by atoms with Gasteiger partial charge in [0.2, 0.25) is 0 Å². The molecule has 0 atom stereocenters. The maximum atomic E-state index is 12.1. The lowest BCUT2D eigenvalue weighted by Crippen LogP contribution is -2.29. The molecule has 4 nitrogen and oxygen atoms in total. The number of hydrogen-bond donors (Lipinski definition) is 2. The van der Waals surface area contributed by atoms with E-state index in [9.17, 15) is 9.59 Å². The lowest BCUT2D eigenvalue weighted by atomic mass is 10.0. The number of halogens is 2. The summed E-state index contributed by atoms with van der Waals surface area (Å²) in [6.07, 6.45) is 0. The third-order valence-electron chi connectivity index (χ3n) is 3.22. The molecular weight excluding hydrogens is 335 g/mol. The van der Waals surface area contributed by atoms with Gasteiger partial charge in [-0.1, -0.05) is 55.2 Å². The van der Waals surface area contributed by atoms with E-state index < -0.39 is 11.8 Å². The van der Waals surface area contributed by atoms with Crippen LogP contribution in [0.15, 0.2) is 42.5 Å². The second-order valence-electron chi connectivity index (χ2n) is 5.27. The summed E-state index contributed by atoms with van der Waals surface area (Å²) in [5.74, 6) is -1.34. The Morgan fingerprint density at radius 3 is 2.13 bits per heavy atom. The molecule has 0 saturated carbocycles. The SMILES string of the molecule is CC(C)c1ccccc1NC(=O)C(=O)Nc1ccc(Cl)cc1Cl. The molecule has 2 rings (SSSR count). The summed E-state index contributed by atoms with van der Waals surface area (Å²) in [5.41, 5.74) is 1.90. The van der Waals surface area contributed by atoms with Crippen LogP contribution in [-0.2, 0) is 9.59 Å². The predicted octanol–water partition coefficient (Wildman–Crippen LogP) is 4.69. The molecule has 0 fully saturated rings. The summed E-state index contributed by atoms with van der Waals surface area (Å²) in [5, 5.41) is 5.80. The molecular formula is C17H16Cl2N2O2. The highest BCUT2D eigenvalue weighted by atomic mass is 35.5. The van der Waals surface area contributed by atoms with Crippen LogP contribution in [0.25, 0.3) is 0 Å². The van der Waals surface area contributed by atoms with Gasteiger partial charge in [-0.15, -0.1) is 0 Å². The first-order chi connectivity index (χ1) is 10.9. The van der Waals surface area contributed by atoms with E-state index in [0.29, 0.717) is 16.4 Å². The maximum Gasteiger partial charge on any atom is 0.314 e. The number of para-hydroxylation sites is 1. The third-order valence-corrected chi connectivity index (χ3v) is 3.76. The fourth-order valence-electron chi connectivity index (χ4n) is 2.06. The summed E-state index contributed by atoms with van der Waals surface area (Å²) in [6, 6.07) is 12.0. The fourth-order valence-corrected chi connectivity index (χ4v) is 2.52. The lowest BCUT2D eigenvalue weighted by molar-refractivity contribution is -0.133. The number of benzene rings is 2. The summed E-state index contributed by atoms with van der Waals surface area (Å²) >= 11 is 11.8. The Kier molecular flexibility index (Phi) is 5.64. The van der Waals surface area contributed by atoms with Gasteiger partial charge < -0.3 is 10.6 Å². The van der Waals surface area contributed by atoms with Crippen LogP contribution < -0.4 is 10.6 Å². The van der Waals surface area contributed by atoms with E-state index >= 15 is 0 Å². The number of carbonyl (C=O) groups is 2. The molecule has 0 spiro atoms. The van der Waals surface area contributed by atoms with Crippen molar-refractivity contribution in [1.82, 2.24) is 0 Å². The summed E-state index contributed by atoms with van der Waals surface area (Å²) in [4.78, 5) is 24.1. The highest BCUT2D eigenvalue weighted by Gasteiger charge is 2.17. The lowest BCUT2D eigenvalue weighted by Gasteiger charge is -2.13. The molecule has 0 radical (unpaired) electrons. The quantitative estimate of drug-likeness (QED) is 0.788. The van der Waals surface area contributed by atoms with E-state index in [0.717, 1.165) is 5.56 Å². The summed E-state index contributed by atoms with van der Waals surface area (Å²) in [6.45, 7) is 4.02. The molecule has 0 saturated heterocycles. The zero-order valence-corrected chi connectivity index (χ0v) is 14.2. The molecule has 0 unspecified atom stereocenters. The van der Waals surface area contributed by atoms with E-state index in [2.05, 4.69) is 10.6 Å². The van der Waals surface area contributed by atoms with E-state index in [1.54, 1.807) is 18.2 Å². The molecule has 2 amide bonds. The van der Waals surface area contributed by atoms with Gasteiger partial charge in [0.05, 0.1) is 10.7 Å². The Labute approximate surface area is 144 Å². The van der Waals surface area contributed by atoms with Gasteiger partial charge in [-0.3, -0.25) is 9.59 Å². The molecule has 0 aliphatic rings. The fraction of sp³-hybridized carbons (Fsp3) is 0.176. The first-order valence-corrected chi connectivity index (χ1v) is 7.80. The van der Waals surface area contributed by atoms with E-state index in [1.807, 2.05) is 26.0 Å². The van der Waals surface area contributed by atoms with Crippen LogP contribution in [0.2, 0.25) is 10.0 Å². The zero-order valence-electron chi connectivity index (χ0n) is 12.7. The first kappa shape index (κ1) is 17.3. The number of carbonyl (C=O) groups excluding carboxylic acids is 2. The van der Waals surface area contributed by atoms with Gasteiger partial charge in [-0.25, -0.2) is 0 Å². The van der Waals surface area contributed by atoms with Crippen molar-refractivity contribution in [1.29, 1.82) is 0 Å². The summed E-state index contributed by atoms with van der Waals surface area (Å²) < 4.78 is 0. The topological polar surface area (TPSA) is 58.2 Å². The van der Waals surface area contributed by atoms with Crippen molar-refractivity contribution in [2.24, 2.45) is 0 Å². The van der Waals surface area contributed by atoms with Gasteiger partial charge in [-0.05, 0) is 35.7 Å². The Hall–Kier alpha value is -2.04. The van der Waals surface area contributed by atoms with Gasteiger partial charge in [0.1, 0.15) is 0 Å². The van der Waals surface area contributed by atoms with Gasteiger partial charge >= 0.3 is 11.8 Å². The van der Waals surface area contributed by atoms with Crippen LogP contribution in [0.5, 0.6) is 0 Å². The molecule has 23 heavy (non-hydrogen) atoms. The number of anilines is 2. The highest BCUT2D eigenvalue weighted by Crippen LogP contribution is 2.26. The second kappa shape index (κ2) is 7.49. The van der Waals surface area contributed by atoms with Gasteiger partial charge in [0.25, 0.3) is 0 Å². The minimum Gasteiger partial charge on any atom is -0.318 e. The Balaban J connectivity index is 2.10. The van der Waals surface area contributed by atoms with Crippen molar-refractivity contribution in [3.63, 3.8) is 0 Å². The largest absolute Gasteiger partial charge is 0.318 e. The number of hydrogen-bond acceptors (Lipinski definition) is 2. The molecule has 120 valence electrons. The predicted molar refractivity (Wildman–Crippen MR) is 94.3 cm³/mol. The van der Waals surface area contributed by atoms with E-state index in [1.165, 1.54) is 12.1 Å². The maximum absolute atomic E-state index is 12.1. The minimum absolute atomic E-state index is 0.222. The Morgan fingerprint density at radius 1 is 0.913 bits per heavy atom. The van der Waals surface area contributed by atoms with Crippen molar-refractivity contribution in [3.8, 4) is 0 Å². The van der Waals surface area contributed by atoms with Crippen LogP contribution in [0.4, 0.5) is 11.4 Å². The molecule has 2 aromatic rings. The molecule has 0 heterocycles. The standard InChI is InChI=1S/C17H16Cl2N2O2/c1-10(2)12-5-3-4-6-14(12)20-16(22)17(23)21-15-8-7-11(18)9-13(15)19/h3-10H,1-2H3,(H,20,22)(H,21,23). The summed E-state index contributed by atoms with van der Waals surface area (Å²) in [7, 11) is 0. The third kappa shape index (κ3) is 4.47. The molecule has 6 heteroatoms. The van der Waals surface area contributed by atoms with Crippen LogP contribution in [0.1, 0.15) is 25.3 Å². The van der Waals surface area contributed by atoms with Crippen molar-refractivity contribution in [3.05, 3.63) is 58.1 Å². The number of amides is 2. The molecule has 2 N–H and O–H groups in total. The smallest absolute Gasteiger partial charge is 0.314 e. The van der Waals surface area contributed by atoms with E-state index in [4.69, 9.17) is 23.2 Å². The second-order valence-corrected chi connectivity index (χ2v) is 6.12. The zero-order chi connectivity index (χ0) is 17.0. The number of nitrogens with one attached hydrogen (secondary N) is 2. The highest BCUT2D eigenvalue weighted by molar-refractivity contribution is 6.45. The Morgan fingerprint density at radius 2 is 1.52 bits per heavy atom. The van der Waals surface area contributed by atoms with Crippen molar-refractivity contribution in [2.45, 2.75) is 19.8 Å². The first-order valence-electron chi connectivity index (χ1n) is 7.04. The Bertz CT molecular complexity index is 745. The molecule has 0 bridgehead atoms. The minimum atomic E-state index is -0.798. The molecule has 2 aromatic carbocycles. The molecule has 0 aromatic heterocycles. The number of rotatable bonds is 3. The van der Waals surface area contributed by atoms with Crippen molar-refractivity contribution < 1.29 is 9.59 Å². The van der Waals surface area contributed by atoms with Crippen LogP contribution in [0, 0.1) is 0 Å². The van der Waals surface area contributed by atoms with E-state index in [-0.39, 0.29) is 10.9 Å².